The third kappa shape index (κ3) is 2.37. The van der Waals surface area contributed by atoms with Crippen molar-refractivity contribution in [2.45, 2.75) is 44.9 Å². The number of nitrogens with zero attached hydrogens (tertiary/aromatic N) is 1. The third-order valence-electron chi connectivity index (χ3n) is 5.49. The van der Waals surface area contributed by atoms with Gasteiger partial charge in [0.05, 0.1) is 4.90 Å². The Morgan fingerprint density at radius 2 is 1.95 bits per heavy atom. The van der Waals surface area contributed by atoms with E-state index in [1.807, 2.05) is 6.92 Å². The minimum absolute atomic E-state index is 0.0699. The molecule has 0 spiro atoms. The molecular weight excluding hydrogens is 284 g/mol. The Balaban J connectivity index is 1.81. The van der Waals surface area contributed by atoms with Crippen molar-refractivity contribution in [1.82, 2.24) is 4.83 Å². The van der Waals surface area contributed by atoms with Crippen molar-refractivity contribution in [3.8, 4) is 0 Å². The first-order valence-corrected chi connectivity index (χ1v) is 8.97. The van der Waals surface area contributed by atoms with Gasteiger partial charge in [0.25, 0.3) is 10.0 Å². The maximum atomic E-state index is 12.3. The average Bonchev–Trinajstić information content (AvgIpc) is 2.85. The molecule has 0 amide bonds. The van der Waals surface area contributed by atoms with E-state index in [-0.39, 0.29) is 10.3 Å². The largest absolute Gasteiger partial charge is 0.276 e. The molecule has 4 nitrogen and oxygen atoms in total. The number of benzene rings is 1. The van der Waals surface area contributed by atoms with E-state index in [2.05, 4.69) is 23.8 Å². The van der Waals surface area contributed by atoms with Crippen LogP contribution in [0.3, 0.4) is 0 Å². The summed E-state index contributed by atoms with van der Waals surface area (Å²) in [6.07, 6.45) is 3.28. The lowest BCUT2D eigenvalue weighted by molar-refractivity contribution is 0.354. The molecule has 1 aromatic rings. The van der Waals surface area contributed by atoms with Crippen molar-refractivity contribution in [2.24, 2.45) is 22.4 Å². The van der Waals surface area contributed by atoms with Crippen molar-refractivity contribution < 1.29 is 8.42 Å². The zero-order valence-electron chi connectivity index (χ0n) is 12.8. The SMILES string of the molecule is Cc1ccc(S(=O)(=O)N/N=C2\C[C@H]3CC[C@]2(C)[C@@H]3C)cc1. The Kier molecular flexibility index (Phi) is 3.35. The van der Waals surface area contributed by atoms with Crippen LogP contribution in [0, 0.1) is 24.2 Å². The molecule has 2 aliphatic rings. The maximum absolute atomic E-state index is 12.3. The number of hydrazone groups is 1. The Bertz CT molecular complexity index is 679. The van der Waals surface area contributed by atoms with Gasteiger partial charge in [0.1, 0.15) is 0 Å². The first-order chi connectivity index (χ1) is 9.83. The average molecular weight is 306 g/mol. The summed E-state index contributed by atoms with van der Waals surface area (Å²) >= 11 is 0. The zero-order chi connectivity index (χ0) is 15.3. The highest BCUT2D eigenvalue weighted by Gasteiger charge is 2.52. The number of sulfonamides is 1. The fourth-order valence-corrected chi connectivity index (χ4v) is 4.54. The van der Waals surface area contributed by atoms with Crippen LogP contribution in [0.25, 0.3) is 0 Å². The van der Waals surface area contributed by atoms with Crippen LogP contribution in [-0.4, -0.2) is 14.1 Å². The van der Waals surface area contributed by atoms with Gasteiger partial charge in [0.2, 0.25) is 0 Å². The van der Waals surface area contributed by atoms with Gasteiger partial charge in [-0.2, -0.15) is 13.5 Å². The molecule has 2 fully saturated rings. The summed E-state index contributed by atoms with van der Waals surface area (Å²) in [4.78, 5) is 2.69. The first-order valence-electron chi connectivity index (χ1n) is 7.48. The van der Waals surface area contributed by atoms with Gasteiger partial charge in [0.15, 0.2) is 0 Å². The number of fused-ring (bicyclic) bond motifs is 2. The van der Waals surface area contributed by atoms with Crippen molar-refractivity contribution in [2.75, 3.05) is 0 Å². The number of aryl methyl sites for hydroxylation is 1. The van der Waals surface area contributed by atoms with Crippen LogP contribution < -0.4 is 4.83 Å². The Morgan fingerprint density at radius 1 is 1.29 bits per heavy atom. The minimum Gasteiger partial charge on any atom is -0.200 e. The number of hydrogen-bond acceptors (Lipinski definition) is 3. The highest BCUT2D eigenvalue weighted by molar-refractivity contribution is 7.89. The van der Waals surface area contributed by atoms with Crippen molar-refractivity contribution in [3.63, 3.8) is 0 Å². The molecule has 0 saturated heterocycles. The molecule has 3 atom stereocenters. The molecule has 0 heterocycles. The van der Waals surface area contributed by atoms with E-state index in [1.54, 1.807) is 24.3 Å². The van der Waals surface area contributed by atoms with E-state index in [1.165, 1.54) is 6.42 Å². The molecule has 2 saturated carbocycles. The van der Waals surface area contributed by atoms with Crippen molar-refractivity contribution >= 4 is 15.7 Å². The van der Waals surface area contributed by atoms with E-state index in [0.717, 1.165) is 24.1 Å². The lowest BCUT2D eigenvalue weighted by Gasteiger charge is -2.25. The monoisotopic (exact) mass is 306 g/mol. The summed E-state index contributed by atoms with van der Waals surface area (Å²) in [6.45, 7) is 6.40. The molecule has 114 valence electrons. The standard InChI is InChI=1S/C16H22N2O2S/c1-11-4-6-14(7-5-11)21(19,20)18-17-15-10-13-8-9-16(15,3)12(13)2/h4-7,12-13,18H,8-10H2,1-3H3/b17-15+/t12-,13-,16-/m1/s1. The predicted octanol–water partition coefficient (Wildman–Crippen LogP) is 3.09. The molecule has 2 bridgehead atoms. The fraction of sp³-hybridized carbons (Fsp3) is 0.562. The van der Waals surface area contributed by atoms with Crippen molar-refractivity contribution in [1.29, 1.82) is 0 Å². The van der Waals surface area contributed by atoms with Gasteiger partial charge in [0, 0.05) is 11.1 Å². The van der Waals surface area contributed by atoms with Crippen molar-refractivity contribution in [3.05, 3.63) is 29.8 Å². The van der Waals surface area contributed by atoms with Crippen LogP contribution in [0.4, 0.5) is 0 Å². The van der Waals surface area contributed by atoms with E-state index < -0.39 is 10.0 Å². The first kappa shape index (κ1) is 14.6. The molecule has 1 aromatic carbocycles. The van der Waals surface area contributed by atoms with Gasteiger partial charge in [-0.15, -0.1) is 0 Å². The van der Waals surface area contributed by atoms with Crippen LogP contribution >= 0.6 is 0 Å². The predicted molar refractivity (Wildman–Crippen MR) is 83.5 cm³/mol. The Labute approximate surface area is 126 Å². The van der Waals surface area contributed by atoms with Gasteiger partial charge in [-0.1, -0.05) is 31.5 Å². The number of rotatable bonds is 3. The molecule has 0 aromatic heterocycles. The third-order valence-corrected chi connectivity index (χ3v) is 6.72. The highest BCUT2D eigenvalue weighted by Crippen LogP contribution is 2.56. The normalized spacial score (nSPS) is 33.6. The summed E-state index contributed by atoms with van der Waals surface area (Å²) in [6, 6.07) is 6.82. The number of nitrogens with one attached hydrogen (secondary N) is 1. The highest BCUT2D eigenvalue weighted by atomic mass is 32.2. The molecule has 21 heavy (non-hydrogen) atoms. The quantitative estimate of drug-likeness (QED) is 0.872. The van der Waals surface area contributed by atoms with Crippen LogP contribution in [0.15, 0.2) is 34.3 Å². The second kappa shape index (κ2) is 4.83. The Morgan fingerprint density at radius 3 is 2.48 bits per heavy atom. The smallest absolute Gasteiger partial charge is 0.200 e. The summed E-state index contributed by atoms with van der Waals surface area (Å²) in [5.74, 6) is 1.26. The zero-order valence-corrected chi connectivity index (χ0v) is 13.6. The summed E-state index contributed by atoms with van der Waals surface area (Å²) in [5.41, 5.74) is 2.12. The van der Waals surface area contributed by atoms with Gasteiger partial charge in [-0.05, 0) is 50.2 Å². The topological polar surface area (TPSA) is 58.5 Å². The van der Waals surface area contributed by atoms with E-state index in [0.29, 0.717) is 11.8 Å². The van der Waals surface area contributed by atoms with Crippen LogP contribution in [0.5, 0.6) is 0 Å². The fourth-order valence-electron chi connectivity index (χ4n) is 3.71. The van der Waals surface area contributed by atoms with E-state index >= 15 is 0 Å². The van der Waals surface area contributed by atoms with E-state index in [9.17, 15) is 8.42 Å². The van der Waals surface area contributed by atoms with Gasteiger partial charge < -0.3 is 0 Å². The van der Waals surface area contributed by atoms with Gasteiger partial charge >= 0.3 is 0 Å². The van der Waals surface area contributed by atoms with E-state index in [4.69, 9.17) is 0 Å². The minimum atomic E-state index is -3.56. The summed E-state index contributed by atoms with van der Waals surface area (Å²) in [5, 5.41) is 4.28. The van der Waals surface area contributed by atoms with Crippen LogP contribution in [0.2, 0.25) is 0 Å². The lowest BCUT2D eigenvalue weighted by atomic mass is 9.80. The van der Waals surface area contributed by atoms with Gasteiger partial charge in [-0.3, -0.25) is 0 Å². The molecule has 5 heteroatoms. The summed E-state index contributed by atoms with van der Waals surface area (Å²) in [7, 11) is -3.56. The second-order valence-corrected chi connectivity index (χ2v) is 8.34. The lowest BCUT2D eigenvalue weighted by Crippen LogP contribution is -2.29. The molecule has 0 aliphatic heterocycles. The van der Waals surface area contributed by atoms with Gasteiger partial charge in [-0.25, -0.2) is 4.83 Å². The maximum Gasteiger partial charge on any atom is 0.276 e. The number of hydrogen-bond donors (Lipinski definition) is 1. The van der Waals surface area contributed by atoms with Crippen LogP contribution in [0.1, 0.15) is 38.7 Å². The molecule has 1 N–H and O–H groups in total. The van der Waals surface area contributed by atoms with Crippen LogP contribution in [-0.2, 0) is 10.0 Å². The Hall–Kier alpha value is -1.36. The summed E-state index contributed by atoms with van der Waals surface area (Å²) < 4.78 is 24.5. The molecule has 2 aliphatic carbocycles. The second-order valence-electron chi connectivity index (χ2n) is 6.68. The molecule has 0 unspecified atom stereocenters. The molecule has 0 radical (unpaired) electrons. The molecule has 3 rings (SSSR count). The molecular formula is C16H22N2O2S.